The second-order valence-corrected chi connectivity index (χ2v) is 5.04. The predicted octanol–water partition coefficient (Wildman–Crippen LogP) is 2.33. The van der Waals surface area contributed by atoms with E-state index in [0.717, 1.165) is 11.3 Å². The largest absolute Gasteiger partial charge is 0.496 e. The van der Waals surface area contributed by atoms with Crippen molar-refractivity contribution in [1.82, 2.24) is 9.97 Å². The van der Waals surface area contributed by atoms with Crippen molar-refractivity contribution >= 4 is 23.5 Å². The summed E-state index contributed by atoms with van der Waals surface area (Å²) in [6.45, 7) is 0. The minimum atomic E-state index is -0.906. The Morgan fingerprint density at radius 1 is 1.36 bits per heavy atom. The molecule has 3 N–H and O–H groups in total. The highest BCUT2D eigenvalue weighted by molar-refractivity contribution is 6.30. The number of methoxy groups -OCH3 is 1. The molecule has 0 radical (unpaired) electrons. The molecule has 116 valence electrons. The summed E-state index contributed by atoms with van der Waals surface area (Å²) in [6.07, 6.45) is 0.635. The van der Waals surface area contributed by atoms with E-state index in [1.54, 1.807) is 7.11 Å². The number of halogens is 1. The second-order valence-electron chi connectivity index (χ2n) is 4.68. The van der Waals surface area contributed by atoms with E-state index < -0.39 is 5.97 Å². The minimum absolute atomic E-state index is 0.0363. The number of hydrogen-bond donors (Lipinski definition) is 2. The van der Waals surface area contributed by atoms with Gasteiger partial charge in [-0.3, -0.25) is 4.79 Å². The van der Waals surface area contributed by atoms with E-state index in [2.05, 4.69) is 9.97 Å². The Balaban J connectivity index is 2.38. The van der Waals surface area contributed by atoms with Crippen LogP contribution < -0.4 is 10.5 Å². The zero-order valence-corrected chi connectivity index (χ0v) is 12.8. The number of carboxylic acids is 1. The number of nitrogen functional groups attached to an aromatic ring is 1. The zero-order chi connectivity index (χ0) is 16.1. The van der Waals surface area contributed by atoms with Crippen molar-refractivity contribution in [2.45, 2.75) is 19.3 Å². The Hall–Kier alpha value is -2.34. The van der Waals surface area contributed by atoms with Gasteiger partial charge in [-0.05, 0) is 11.6 Å². The molecule has 0 unspecified atom stereocenters. The average molecular weight is 322 g/mol. The number of aromatic nitrogens is 2. The fourth-order valence-electron chi connectivity index (χ4n) is 2.16. The molecule has 0 spiro atoms. The zero-order valence-electron chi connectivity index (χ0n) is 12.0. The lowest BCUT2D eigenvalue weighted by Gasteiger charge is -2.13. The number of nitrogens with zero attached hydrogens (tertiary/aromatic N) is 2. The van der Waals surface area contributed by atoms with Crippen molar-refractivity contribution in [3.05, 3.63) is 46.2 Å². The summed E-state index contributed by atoms with van der Waals surface area (Å²) in [5, 5.41) is 9.08. The summed E-state index contributed by atoms with van der Waals surface area (Å²) in [7, 11) is 1.59. The fourth-order valence-corrected chi connectivity index (χ4v) is 2.43. The van der Waals surface area contributed by atoms with Gasteiger partial charge in [0.25, 0.3) is 0 Å². The molecule has 0 saturated carbocycles. The number of ether oxygens (including phenoxy) is 1. The van der Waals surface area contributed by atoms with Crippen LogP contribution >= 0.6 is 11.6 Å². The first-order valence-corrected chi connectivity index (χ1v) is 7.03. The first-order chi connectivity index (χ1) is 10.5. The quantitative estimate of drug-likeness (QED) is 0.792. The first kappa shape index (κ1) is 16.0. The Bertz CT molecular complexity index is 692. The number of para-hydroxylation sites is 1. The molecule has 22 heavy (non-hydrogen) atoms. The van der Waals surface area contributed by atoms with Crippen LogP contribution in [-0.2, 0) is 17.6 Å². The number of carboxylic acid groups (broad SMARTS) is 1. The van der Waals surface area contributed by atoms with Crippen LogP contribution in [0.25, 0.3) is 0 Å². The van der Waals surface area contributed by atoms with Gasteiger partial charge in [0, 0.05) is 18.4 Å². The maximum absolute atomic E-state index is 10.8. The van der Waals surface area contributed by atoms with E-state index in [9.17, 15) is 4.79 Å². The molecule has 2 aromatic rings. The Kier molecular flexibility index (Phi) is 5.16. The van der Waals surface area contributed by atoms with Gasteiger partial charge in [0.05, 0.1) is 19.2 Å². The van der Waals surface area contributed by atoms with Crippen molar-refractivity contribution in [2.24, 2.45) is 0 Å². The van der Waals surface area contributed by atoms with Gasteiger partial charge in [-0.15, -0.1) is 0 Å². The summed E-state index contributed by atoms with van der Waals surface area (Å²) in [4.78, 5) is 18.9. The Morgan fingerprint density at radius 2 is 2.09 bits per heavy atom. The van der Waals surface area contributed by atoms with Crippen LogP contribution in [0.4, 0.5) is 5.95 Å². The molecule has 0 aliphatic heterocycles. The van der Waals surface area contributed by atoms with Gasteiger partial charge < -0.3 is 15.6 Å². The highest BCUT2D eigenvalue weighted by Crippen LogP contribution is 2.27. The molecule has 0 bridgehead atoms. The highest BCUT2D eigenvalue weighted by Gasteiger charge is 2.15. The van der Waals surface area contributed by atoms with Crippen molar-refractivity contribution in [2.75, 3.05) is 12.8 Å². The number of benzene rings is 1. The maximum Gasteiger partial charge on any atom is 0.303 e. The third-order valence-electron chi connectivity index (χ3n) is 3.20. The molecule has 0 saturated heterocycles. The maximum atomic E-state index is 10.8. The molecule has 0 atom stereocenters. The van der Waals surface area contributed by atoms with Crippen molar-refractivity contribution in [3.8, 4) is 5.75 Å². The van der Waals surface area contributed by atoms with Gasteiger partial charge in [-0.25, -0.2) is 9.97 Å². The molecule has 1 heterocycles. The van der Waals surface area contributed by atoms with Crippen LogP contribution in [0, 0.1) is 0 Å². The van der Waals surface area contributed by atoms with Gasteiger partial charge in [-0.2, -0.15) is 0 Å². The van der Waals surface area contributed by atoms with Crippen molar-refractivity contribution < 1.29 is 14.6 Å². The lowest BCUT2D eigenvalue weighted by atomic mass is 10.0. The van der Waals surface area contributed by atoms with E-state index in [1.807, 2.05) is 24.3 Å². The molecular weight excluding hydrogens is 306 g/mol. The fraction of sp³-hybridized carbons (Fsp3) is 0.267. The van der Waals surface area contributed by atoms with E-state index in [0.29, 0.717) is 17.7 Å². The summed E-state index contributed by atoms with van der Waals surface area (Å²) >= 11 is 6.18. The molecule has 0 amide bonds. The summed E-state index contributed by atoms with van der Waals surface area (Å²) in [5.74, 6) is -0.148. The highest BCUT2D eigenvalue weighted by atomic mass is 35.5. The van der Waals surface area contributed by atoms with Gasteiger partial charge in [0.2, 0.25) is 5.95 Å². The van der Waals surface area contributed by atoms with Gasteiger partial charge in [0.15, 0.2) is 0 Å². The number of aliphatic carboxylic acids is 1. The number of carbonyl (C=O) groups is 1. The number of aryl methyl sites for hydroxylation is 1. The van der Waals surface area contributed by atoms with E-state index in [1.165, 1.54) is 0 Å². The topological polar surface area (TPSA) is 98.3 Å². The Labute approximate surface area is 132 Å². The lowest BCUT2D eigenvalue weighted by Crippen LogP contribution is -2.09. The van der Waals surface area contributed by atoms with Crippen LogP contribution in [0.15, 0.2) is 24.3 Å². The van der Waals surface area contributed by atoms with E-state index in [4.69, 9.17) is 27.2 Å². The molecular formula is C15H16ClN3O3. The van der Waals surface area contributed by atoms with E-state index >= 15 is 0 Å². The van der Waals surface area contributed by atoms with Crippen LogP contribution in [0.3, 0.4) is 0 Å². The van der Waals surface area contributed by atoms with Crippen LogP contribution in [0.1, 0.15) is 23.2 Å². The van der Waals surface area contributed by atoms with Gasteiger partial charge in [0.1, 0.15) is 10.9 Å². The monoisotopic (exact) mass is 321 g/mol. The normalized spacial score (nSPS) is 10.5. The number of rotatable bonds is 6. The molecule has 1 aromatic heterocycles. The molecule has 0 aliphatic carbocycles. The average Bonchev–Trinajstić information content (AvgIpc) is 2.48. The van der Waals surface area contributed by atoms with Crippen LogP contribution in [0.5, 0.6) is 5.75 Å². The number of nitrogens with two attached hydrogens (primary N) is 1. The second kappa shape index (κ2) is 7.09. The first-order valence-electron chi connectivity index (χ1n) is 6.65. The molecule has 7 heteroatoms. The SMILES string of the molecule is COc1ccccc1Cc1c(Cl)nc(N)nc1CCC(=O)O. The summed E-state index contributed by atoms with van der Waals surface area (Å²) in [5.41, 5.74) is 7.73. The summed E-state index contributed by atoms with van der Waals surface area (Å²) in [6, 6.07) is 7.51. The summed E-state index contributed by atoms with van der Waals surface area (Å²) < 4.78 is 5.32. The predicted molar refractivity (Wildman–Crippen MR) is 83.2 cm³/mol. The standard InChI is InChI=1S/C15H16ClN3O3/c1-22-12-5-3-2-4-9(12)8-10-11(6-7-13(20)21)18-15(17)19-14(10)16/h2-5H,6-8H2,1H3,(H,20,21)(H2,17,18,19). The van der Waals surface area contributed by atoms with Crippen molar-refractivity contribution in [3.63, 3.8) is 0 Å². The molecule has 0 aliphatic rings. The van der Waals surface area contributed by atoms with E-state index in [-0.39, 0.29) is 23.9 Å². The van der Waals surface area contributed by atoms with Gasteiger partial charge >= 0.3 is 5.97 Å². The number of hydrogen-bond acceptors (Lipinski definition) is 5. The molecule has 6 nitrogen and oxygen atoms in total. The smallest absolute Gasteiger partial charge is 0.303 e. The molecule has 0 fully saturated rings. The van der Waals surface area contributed by atoms with Crippen LogP contribution in [-0.4, -0.2) is 28.2 Å². The lowest BCUT2D eigenvalue weighted by molar-refractivity contribution is -0.136. The van der Waals surface area contributed by atoms with Crippen LogP contribution in [0.2, 0.25) is 5.15 Å². The van der Waals surface area contributed by atoms with Gasteiger partial charge in [-0.1, -0.05) is 29.8 Å². The third-order valence-corrected chi connectivity index (χ3v) is 3.51. The molecule has 1 aromatic carbocycles. The van der Waals surface area contributed by atoms with Crippen molar-refractivity contribution in [1.29, 1.82) is 0 Å². The minimum Gasteiger partial charge on any atom is -0.496 e. The molecule has 2 rings (SSSR count). The third kappa shape index (κ3) is 3.85. The Morgan fingerprint density at radius 3 is 2.77 bits per heavy atom. The number of anilines is 1.